The van der Waals surface area contributed by atoms with E-state index >= 15 is 0 Å². The van der Waals surface area contributed by atoms with Crippen molar-refractivity contribution in [3.63, 3.8) is 0 Å². The number of dihydropyridines is 1. The van der Waals surface area contributed by atoms with Gasteiger partial charge < -0.3 is 19.5 Å². The molecule has 0 spiro atoms. The van der Waals surface area contributed by atoms with Crippen molar-refractivity contribution < 1.29 is 28.6 Å². The number of carbonyl (C=O) groups is 3. The van der Waals surface area contributed by atoms with E-state index in [9.17, 15) is 14.4 Å². The van der Waals surface area contributed by atoms with Gasteiger partial charge in [-0.15, -0.1) is 0 Å². The third-order valence-electron chi connectivity index (χ3n) is 6.53. The fourth-order valence-electron chi connectivity index (χ4n) is 4.59. The Kier molecular flexibility index (Phi) is 8.18. The van der Waals surface area contributed by atoms with Gasteiger partial charge in [0.15, 0.2) is 5.78 Å². The normalized spacial score (nSPS) is 23.1. The molecule has 1 heterocycles. The Morgan fingerprint density at radius 3 is 2.44 bits per heavy atom. The van der Waals surface area contributed by atoms with Crippen LogP contribution in [0.25, 0.3) is 0 Å². The number of esters is 2. The lowest BCUT2D eigenvalue weighted by Crippen LogP contribution is -2.43. The van der Waals surface area contributed by atoms with Gasteiger partial charge in [-0.3, -0.25) is 9.59 Å². The van der Waals surface area contributed by atoms with Crippen LogP contribution in [0.5, 0.6) is 5.75 Å². The summed E-state index contributed by atoms with van der Waals surface area (Å²) in [4.78, 5) is 39.5. The van der Waals surface area contributed by atoms with E-state index in [0.717, 1.165) is 17.7 Å². The van der Waals surface area contributed by atoms with Crippen molar-refractivity contribution in [2.24, 2.45) is 11.8 Å². The number of hydrogen-bond donors (Lipinski definition) is 1. The summed E-state index contributed by atoms with van der Waals surface area (Å²) in [5.74, 6) is -2.41. The second-order valence-corrected chi connectivity index (χ2v) is 9.08. The molecule has 1 aliphatic heterocycles. The number of benzene rings is 1. The first-order chi connectivity index (χ1) is 16.2. The van der Waals surface area contributed by atoms with Crippen LogP contribution < -0.4 is 10.1 Å². The van der Waals surface area contributed by atoms with Crippen LogP contribution in [0.1, 0.15) is 65.4 Å². The zero-order valence-corrected chi connectivity index (χ0v) is 20.9. The van der Waals surface area contributed by atoms with Crippen LogP contribution in [0.3, 0.4) is 0 Å². The molecule has 34 heavy (non-hydrogen) atoms. The van der Waals surface area contributed by atoms with Crippen LogP contribution >= 0.6 is 0 Å². The number of ketones is 1. The quantitative estimate of drug-likeness (QED) is 0.445. The average Bonchev–Trinajstić information content (AvgIpc) is 2.81. The summed E-state index contributed by atoms with van der Waals surface area (Å²) in [5.41, 5.74) is 2.97. The first-order valence-electron chi connectivity index (χ1n) is 12.0. The van der Waals surface area contributed by atoms with E-state index in [1.165, 1.54) is 7.11 Å². The number of methoxy groups -OCH3 is 1. The number of carbonyl (C=O) groups excluding carboxylic acids is 3. The molecule has 4 atom stereocenters. The molecule has 7 nitrogen and oxygen atoms in total. The Hall–Kier alpha value is -3.09. The Morgan fingerprint density at radius 1 is 1.18 bits per heavy atom. The number of hydrogen-bond acceptors (Lipinski definition) is 7. The second kappa shape index (κ2) is 10.9. The first-order valence-corrected chi connectivity index (χ1v) is 12.0. The molecule has 2 aliphatic rings. The van der Waals surface area contributed by atoms with Crippen LogP contribution in [0.4, 0.5) is 0 Å². The molecule has 0 bridgehead atoms. The van der Waals surface area contributed by atoms with E-state index in [0.29, 0.717) is 42.0 Å². The Balaban J connectivity index is 2.11. The molecule has 184 valence electrons. The molecule has 3 rings (SSSR count). The molecular weight excluding hydrogens is 434 g/mol. The maximum absolute atomic E-state index is 13.7. The fraction of sp³-hybridized carbons (Fsp3) is 0.519. The topological polar surface area (TPSA) is 90.9 Å². The highest BCUT2D eigenvalue weighted by Gasteiger charge is 2.47. The lowest BCUT2D eigenvalue weighted by atomic mass is 9.69. The molecule has 1 aromatic rings. The van der Waals surface area contributed by atoms with Crippen LogP contribution in [-0.2, 0) is 23.9 Å². The molecule has 4 unspecified atom stereocenters. The summed E-state index contributed by atoms with van der Waals surface area (Å²) in [6, 6.07) is 7.42. The first kappa shape index (κ1) is 25.5. The standard InChI is InChI=1S/C27H35NO6/c1-7-13-33-19-11-9-18(10-12-19)23-22(27(31)34-16(4)8-2)17(5)28-20-14-15(3)21(26(30)32-6)25(29)24(20)23/h9-12,15-16,21,23,28H,7-8,13-14H2,1-6H3. The van der Waals surface area contributed by atoms with Crippen molar-refractivity contribution in [2.75, 3.05) is 13.7 Å². The zero-order chi connectivity index (χ0) is 25.0. The largest absolute Gasteiger partial charge is 0.494 e. The minimum absolute atomic E-state index is 0.224. The molecule has 0 fully saturated rings. The fourth-order valence-corrected chi connectivity index (χ4v) is 4.59. The summed E-state index contributed by atoms with van der Waals surface area (Å²) >= 11 is 0. The maximum Gasteiger partial charge on any atom is 0.337 e. The van der Waals surface area contributed by atoms with E-state index < -0.39 is 23.8 Å². The molecule has 0 amide bonds. The predicted octanol–water partition coefficient (Wildman–Crippen LogP) is 4.43. The SMILES string of the molecule is CCCOc1ccc(C2C(C(=O)OC(C)CC)=C(C)NC3=C2C(=O)C(C(=O)OC)C(C)C3)cc1. The minimum Gasteiger partial charge on any atom is -0.494 e. The molecule has 1 N–H and O–H groups in total. The highest BCUT2D eigenvalue weighted by molar-refractivity contribution is 6.12. The van der Waals surface area contributed by atoms with Crippen LogP contribution in [0, 0.1) is 11.8 Å². The number of allylic oxidation sites excluding steroid dienone is 3. The van der Waals surface area contributed by atoms with Crippen molar-refractivity contribution in [1.82, 2.24) is 5.32 Å². The van der Waals surface area contributed by atoms with Gasteiger partial charge in [-0.05, 0) is 56.7 Å². The van der Waals surface area contributed by atoms with Gasteiger partial charge in [0, 0.05) is 22.9 Å². The predicted molar refractivity (Wildman–Crippen MR) is 128 cm³/mol. The van der Waals surface area contributed by atoms with Crippen molar-refractivity contribution in [3.8, 4) is 5.75 Å². The Labute approximate surface area is 201 Å². The lowest BCUT2D eigenvalue weighted by molar-refractivity contribution is -0.151. The Bertz CT molecular complexity index is 1010. The summed E-state index contributed by atoms with van der Waals surface area (Å²) in [7, 11) is 1.29. The van der Waals surface area contributed by atoms with Crippen LogP contribution in [0.2, 0.25) is 0 Å². The molecule has 0 radical (unpaired) electrons. The molecule has 0 saturated heterocycles. The number of rotatable bonds is 8. The number of Topliss-reactive ketones (excluding diaryl/α,β-unsaturated/α-hetero) is 1. The molecule has 0 saturated carbocycles. The van der Waals surface area contributed by atoms with E-state index in [1.807, 2.05) is 58.9 Å². The zero-order valence-electron chi connectivity index (χ0n) is 20.9. The Morgan fingerprint density at radius 2 is 1.85 bits per heavy atom. The van der Waals surface area contributed by atoms with Gasteiger partial charge in [0.25, 0.3) is 0 Å². The van der Waals surface area contributed by atoms with Crippen molar-refractivity contribution in [2.45, 2.75) is 65.9 Å². The minimum atomic E-state index is -0.912. The van der Waals surface area contributed by atoms with E-state index in [2.05, 4.69) is 5.32 Å². The van der Waals surface area contributed by atoms with Gasteiger partial charge in [-0.25, -0.2) is 4.79 Å². The maximum atomic E-state index is 13.7. The van der Waals surface area contributed by atoms with Gasteiger partial charge in [0.2, 0.25) is 0 Å². The molecular formula is C27H35NO6. The third-order valence-corrected chi connectivity index (χ3v) is 6.53. The van der Waals surface area contributed by atoms with Gasteiger partial charge in [0.1, 0.15) is 11.7 Å². The lowest BCUT2D eigenvalue weighted by Gasteiger charge is -2.38. The highest BCUT2D eigenvalue weighted by atomic mass is 16.5. The molecule has 0 aromatic heterocycles. The van der Waals surface area contributed by atoms with E-state index in [4.69, 9.17) is 14.2 Å². The number of ether oxygens (including phenoxy) is 3. The summed E-state index contributed by atoms with van der Waals surface area (Å²) in [5, 5.41) is 3.28. The summed E-state index contributed by atoms with van der Waals surface area (Å²) < 4.78 is 16.3. The van der Waals surface area contributed by atoms with E-state index in [1.54, 1.807) is 0 Å². The summed E-state index contributed by atoms with van der Waals surface area (Å²) in [6.07, 6.45) is 1.80. The number of nitrogens with one attached hydrogen (secondary N) is 1. The van der Waals surface area contributed by atoms with Crippen molar-refractivity contribution in [1.29, 1.82) is 0 Å². The monoisotopic (exact) mass is 469 g/mol. The second-order valence-electron chi connectivity index (χ2n) is 9.08. The van der Waals surface area contributed by atoms with Gasteiger partial charge in [0.05, 0.1) is 25.4 Å². The third kappa shape index (κ3) is 5.03. The average molecular weight is 470 g/mol. The van der Waals surface area contributed by atoms with Crippen LogP contribution in [-0.4, -0.2) is 37.5 Å². The van der Waals surface area contributed by atoms with Gasteiger partial charge >= 0.3 is 11.9 Å². The molecule has 7 heteroatoms. The summed E-state index contributed by atoms with van der Waals surface area (Å²) in [6.45, 7) is 10.1. The molecule has 1 aliphatic carbocycles. The smallest absolute Gasteiger partial charge is 0.337 e. The van der Waals surface area contributed by atoms with E-state index in [-0.39, 0.29) is 17.8 Å². The molecule has 1 aromatic carbocycles. The van der Waals surface area contributed by atoms with Gasteiger partial charge in [-0.1, -0.05) is 32.9 Å². The van der Waals surface area contributed by atoms with Crippen molar-refractivity contribution >= 4 is 17.7 Å². The highest BCUT2D eigenvalue weighted by Crippen LogP contribution is 2.45. The van der Waals surface area contributed by atoms with Crippen molar-refractivity contribution in [3.05, 3.63) is 52.4 Å². The van der Waals surface area contributed by atoms with Gasteiger partial charge in [-0.2, -0.15) is 0 Å². The van der Waals surface area contributed by atoms with Crippen LogP contribution in [0.15, 0.2) is 46.8 Å².